The fourth-order valence-corrected chi connectivity index (χ4v) is 1.67. The molecule has 0 radical (unpaired) electrons. The first-order valence-corrected chi connectivity index (χ1v) is 6.66. The predicted molar refractivity (Wildman–Crippen MR) is 67.4 cm³/mol. The molecule has 0 saturated heterocycles. The van der Waals surface area contributed by atoms with Crippen LogP contribution in [-0.4, -0.2) is 18.3 Å². The SMILES string of the molecule is CCCCC(CC)C(=O)OCCCCS. The number of carbonyl (C=O) groups excluding carboxylic acids is 1. The molecule has 90 valence electrons. The minimum atomic E-state index is -0.00915. The van der Waals surface area contributed by atoms with E-state index in [1.807, 2.05) is 0 Å². The highest BCUT2D eigenvalue weighted by molar-refractivity contribution is 7.80. The van der Waals surface area contributed by atoms with Gasteiger partial charge in [0.15, 0.2) is 0 Å². The summed E-state index contributed by atoms with van der Waals surface area (Å²) in [6.45, 7) is 4.75. The predicted octanol–water partition coefficient (Wildman–Crippen LogP) is 3.46. The largest absolute Gasteiger partial charge is 0.465 e. The summed E-state index contributed by atoms with van der Waals surface area (Å²) in [5, 5.41) is 0. The zero-order valence-electron chi connectivity index (χ0n) is 10.00. The first-order valence-electron chi connectivity index (χ1n) is 6.03. The molecular formula is C12H24O2S. The first-order chi connectivity index (χ1) is 7.26. The van der Waals surface area contributed by atoms with Gasteiger partial charge in [0, 0.05) is 0 Å². The summed E-state index contributed by atoms with van der Waals surface area (Å²) in [4.78, 5) is 11.6. The minimum Gasteiger partial charge on any atom is -0.465 e. The van der Waals surface area contributed by atoms with Crippen LogP contribution in [0.2, 0.25) is 0 Å². The third-order valence-corrected chi connectivity index (χ3v) is 2.85. The van der Waals surface area contributed by atoms with Crippen LogP contribution in [-0.2, 0) is 9.53 Å². The molecule has 0 saturated carbocycles. The van der Waals surface area contributed by atoms with E-state index in [1.165, 1.54) is 0 Å². The van der Waals surface area contributed by atoms with Gasteiger partial charge in [0.25, 0.3) is 0 Å². The van der Waals surface area contributed by atoms with Crippen LogP contribution in [0.1, 0.15) is 52.4 Å². The Hall–Kier alpha value is -0.180. The van der Waals surface area contributed by atoms with Crippen LogP contribution in [0.25, 0.3) is 0 Å². The molecule has 1 atom stereocenters. The van der Waals surface area contributed by atoms with Crippen LogP contribution in [0.5, 0.6) is 0 Å². The van der Waals surface area contributed by atoms with Gasteiger partial charge >= 0.3 is 5.97 Å². The maximum atomic E-state index is 11.6. The van der Waals surface area contributed by atoms with Crippen molar-refractivity contribution in [1.29, 1.82) is 0 Å². The van der Waals surface area contributed by atoms with Crippen LogP contribution >= 0.6 is 12.6 Å². The number of hydrogen-bond donors (Lipinski definition) is 1. The lowest BCUT2D eigenvalue weighted by atomic mass is 10.00. The lowest BCUT2D eigenvalue weighted by Crippen LogP contribution is -2.17. The highest BCUT2D eigenvalue weighted by Gasteiger charge is 2.16. The zero-order chi connectivity index (χ0) is 11.5. The summed E-state index contributed by atoms with van der Waals surface area (Å²) in [5.41, 5.74) is 0. The molecule has 0 amide bonds. The monoisotopic (exact) mass is 232 g/mol. The third kappa shape index (κ3) is 7.71. The highest BCUT2D eigenvalue weighted by atomic mass is 32.1. The summed E-state index contributed by atoms with van der Waals surface area (Å²) in [6.07, 6.45) is 6.07. The molecule has 0 aromatic rings. The van der Waals surface area contributed by atoms with Crippen molar-refractivity contribution in [3.05, 3.63) is 0 Å². The Morgan fingerprint density at radius 1 is 1.27 bits per heavy atom. The van der Waals surface area contributed by atoms with Gasteiger partial charge in [0.1, 0.15) is 0 Å². The number of esters is 1. The molecule has 3 heteroatoms. The highest BCUT2D eigenvalue weighted by Crippen LogP contribution is 2.14. The molecule has 1 unspecified atom stereocenters. The number of unbranched alkanes of at least 4 members (excludes halogenated alkanes) is 2. The topological polar surface area (TPSA) is 26.3 Å². The van der Waals surface area contributed by atoms with Crippen LogP contribution in [0, 0.1) is 5.92 Å². The molecule has 0 N–H and O–H groups in total. The van der Waals surface area contributed by atoms with E-state index < -0.39 is 0 Å². The molecule has 0 rings (SSSR count). The average Bonchev–Trinajstić information content (AvgIpc) is 2.25. The molecule has 0 spiro atoms. The fraction of sp³-hybridized carbons (Fsp3) is 0.917. The van der Waals surface area contributed by atoms with Gasteiger partial charge in [-0.3, -0.25) is 4.79 Å². The standard InChI is InChI=1S/C12H24O2S/c1-3-5-8-11(4-2)12(13)14-9-6-7-10-15/h11,15H,3-10H2,1-2H3. The van der Waals surface area contributed by atoms with Crippen LogP contribution in [0.4, 0.5) is 0 Å². The molecule has 0 aromatic carbocycles. The third-order valence-electron chi connectivity index (χ3n) is 2.53. The number of ether oxygens (including phenoxy) is 1. The molecule has 0 aromatic heterocycles. The van der Waals surface area contributed by atoms with Crippen LogP contribution in [0.3, 0.4) is 0 Å². The van der Waals surface area contributed by atoms with E-state index in [0.717, 1.165) is 44.3 Å². The normalized spacial score (nSPS) is 12.5. The molecule has 0 heterocycles. The van der Waals surface area contributed by atoms with Gasteiger partial charge in [-0.15, -0.1) is 0 Å². The number of thiol groups is 1. The van der Waals surface area contributed by atoms with Crippen molar-refractivity contribution in [2.45, 2.75) is 52.4 Å². The fourth-order valence-electron chi connectivity index (χ4n) is 1.44. The zero-order valence-corrected chi connectivity index (χ0v) is 10.9. The first kappa shape index (κ1) is 14.8. The Morgan fingerprint density at radius 2 is 2.00 bits per heavy atom. The van der Waals surface area contributed by atoms with E-state index in [1.54, 1.807) is 0 Å². The van der Waals surface area contributed by atoms with Gasteiger partial charge in [-0.05, 0) is 31.4 Å². The van der Waals surface area contributed by atoms with Crippen LogP contribution < -0.4 is 0 Å². The summed E-state index contributed by atoms with van der Waals surface area (Å²) in [5.74, 6) is 0.969. The van der Waals surface area contributed by atoms with Crippen molar-refractivity contribution >= 4 is 18.6 Å². The van der Waals surface area contributed by atoms with E-state index in [-0.39, 0.29) is 11.9 Å². The van der Waals surface area contributed by atoms with Crippen molar-refractivity contribution in [3.63, 3.8) is 0 Å². The van der Waals surface area contributed by atoms with Gasteiger partial charge in [0.05, 0.1) is 12.5 Å². The Kier molecular flexibility index (Phi) is 10.2. The van der Waals surface area contributed by atoms with Gasteiger partial charge < -0.3 is 4.74 Å². The van der Waals surface area contributed by atoms with E-state index in [0.29, 0.717) is 6.61 Å². The molecule has 0 bridgehead atoms. The van der Waals surface area contributed by atoms with Gasteiger partial charge in [-0.25, -0.2) is 0 Å². The Bertz CT molecular complexity index is 160. The van der Waals surface area contributed by atoms with E-state index in [9.17, 15) is 4.79 Å². The Balaban J connectivity index is 3.63. The van der Waals surface area contributed by atoms with Gasteiger partial charge in [-0.2, -0.15) is 12.6 Å². The second-order valence-corrected chi connectivity index (χ2v) is 4.29. The molecule has 15 heavy (non-hydrogen) atoms. The molecular weight excluding hydrogens is 208 g/mol. The minimum absolute atomic E-state index is 0.00915. The van der Waals surface area contributed by atoms with E-state index in [4.69, 9.17) is 4.74 Å². The summed E-state index contributed by atoms with van der Waals surface area (Å²) >= 11 is 4.11. The van der Waals surface area contributed by atoms with Crippen LogP contribution in [0.15, 0.2) is 0 Å². The van der Waals surface area contributed by atoms with E-state index >= 15 is 0 Å². The maximum Gasteiger partial charge on any atom is 0.308 e. The number of hydrogen-bond acceptors (Lipinski definition) is 3. The number of rotatable bonds is 9. The summed E-state index contributed by atoms with van der Waals surface area (Å²) in [7, 11) is 0. The molecule has 0 aliphatic heterocycles. The van der Waals surface area contributed by atoms with E-state index in [2.05, 4.69) is 26.5 Å². The van der Waals surface area contributed by atoms with Crippen molar-refractivity contribution in [1.82, 2.24) is 0 Å². The maximum absolute atomic E-state index is 11.6. The van der Waals surface area contributed by atoms with Crippen molar-refractivity contribution in [2.75, 3.05) is 12.4 Å². The quantitative estimate of drug-likeness (QED) is 0.374. The Morgan fingerprint density at radius 3 is 2.53 bits per heavy atom. The van der Waals surface area contributed by atoms with Gasteiger partial charge in [0.2, 0.25) is 0 Å². The molecule has 2 nitrogen and oxygen atoms in total. The summed E-state index contributed by atoms with van der Waals surface area (Å²) < 4.78 is 5.22. The second kappa shape index (κ2) is 10.3. The lowest BCUT2D eigenvalue weighted by molar-refractivity contribution is -0.149. The Labute approximate surface area is 99.2 Å². The smallest absolute Gasteiger partial charge is 0.308 e. The van der Waals surface area contributed by atoms with Crippen molar-refractivity contribution < 1.29 is 9.53 Å². The average molecular weight is 232 g/mol. The van der Waals surface area contributed by atoms with Gasteiger partial charge in [-0.1, -0.05) is 26.7 Å². The molecule has 0 fully saturated rings. The molecule has 0 aliphatic rings. The lowest BCUT2D eigenvalue weighted by Gasteiger charge is -2.13. The summed E-state index contributed by atoms with van der Waals surface area (Å²) in [6, 6.07) is 0. The van der Waals surface area contributed by atoms with Crippen molar-refractivity contribution in [3.8, 4) is 0 Å². The van der Waals surface area contributed by atoms with Crippen molar-refractivity contribution in [2.24, 2.45) is 5.92 Å². The second-order valence-electron chi connectivity index (χ2n) is 3.85. The molecule has 0 aliphatic carbocycles. The number of carbonyl (C=O) groups is 1.